The second-order valence-corrected chi connectivity index (χ2v) is 19.9. The SMILES string of the molecule is CC[Si]1(c2ccccc2)c2ccccc2B2c3ccccc3N(c3cccc4oc5ccccc5c34)c3cc(-n4c5c(c6ccccc64)CCCC5)cc1c32. The van der Waals surface area contributed by atoms with E-state index in [0.29, 0.717) is 0 Å². The molecule has 0 spiro atoms. The molecule has 1 atom stereocenters. The molecule has 9 aromatic rings. The molecule has 5 heteroatoms. The van der Waals surface area contributed by atoms with Crippen LogP contribution in [0.2, 0.25) is 6.04 Å². The van der Waals surface area contributed by atoms with Gasteiger partial charge in [-0.25, -0.2) is 0 Å². The summed E-state index contributed by atoms with van der Waals surface area (Å²) >= 11 is 0. The summed E-state index contributed by atoms with van der Waals surface area (Å²) in [5, 5.41) is 8.29. The first kappa shape index (κ1) is 31.3. The third-order valence-corrected chi connectivity index (χ3v) is 18.3. The van der Waals surface area contributed by atoms with Crippen LogP contribution in [0.3, 0.4) is 0 Å². The van der Waals surface area contributed by atoms with Crippen LogP contribution in [0.1, 0.15) is 31.0 Å². The lowest BCUT2D eigenvalue weighted by Crippen LogP contribution is -2.83. The number of hydrogen-bond donors (Lipinski definition) is 0. The van der Waals surface area contributed by atoms with Gasteiger partial charge in [0.05, 0.1) is 16.6 Å². The summed E-state index contributed by atoms with van der Waals surface area (Å²) in [5.74, 6) is 0. The van der Waals surface area contributed by atoms with E-state index in [1.54, 1.807) is 10.4 Å². The van der Waals surface area contributed by atoms with Crippen LogP contribution in [0.5, 0.6) is 0 Å². The van der Waals surface area contributed by atoms with Crippen LogP contribution in [-0.4, -0.2) is 19.4 Å². The molecule has 262 valence electrons. The molecule has 12 rings (SSSR count). The smallest absolute Gasteiger partial charge is 0.246 e. The van der Waals surface area contributed by atoms with Crippen LogP contribution in [0.4, 0.5) is 17.1 Å². The van der Waals surface area contributed by atoms with E-state index >= 15 is 0 Å². The molecule has 2 aromatic heterocycles. The maximum atomic E-state index is 6.56. The van der Waals surface area contributed by atoms with Crippen LogP contribution in [-0.2, 0) is 12.8 Å². The molecular weight excluding hydrogens is 683 g/mol. The van der Waals surface area contributed by atoms with Gasteiger partial charge in [-0.2, -0.15) is 0 Å². The zero-order valence-corrected chi connectivity index (χ0v) is 31.9. The first-order valence-electron chi connectivity index (χ1n) is 20.0. The van der Waals surface area contributed by atoms with E-state index in [2.05, 4.69) is 174 Å². The second kappa shape index (κ2) is 11.7. The Kier molecular flexibility index (Phi) is 6.68. The summed E-state index contributed by atoms with van der Waals surface area (Å²) in [7, 11) is -2.57. The van der Waals surface area contributed by atoms with Gasteiger partial charge in [0, 0.05) is 33.5 Å². The molecule has 0 N–H and O–H groups in total. The Morgan fingerprint density at radius 2 is 1.31 bits per heavy atom. The van der Waals surface area contributed by atoms with Crippen molar-refractivity contribution in [1.29, 1.82) is 0 Å². The predicted molar refractivity (Wildman–Crippen MR) is 235 cm³/mol. The Labute approximate surface area is 322 Å². The van der Waals surface area contributed by atoms with Gasteiger partial charge in [0.25, 0.3) is 0 Å². The topological polar surface area (TPSA) is 21.3 Å². The Morgan fingerprint density at radius 3 is 2.20 bits per heavy atom. The highest BCUT2D eigenvalue weighted by Crippen LogP contribution is 2.45. The molecule has 1 aliphatic carbocycles. The van der Waals surface area contributed by atoms with Gasteiger partial charge in [-0.05, 0) is 101 Å². The standard InChI is InChI=1S/C50H39BN2OSi/c1-2-55(34-17-4-3-5-18-34)47-30-15-10-23-39(47)51-38-22-9-13-26-42(38)53(43-27-16-29-46-49(43)37-21-8-14-28-45(37)54-46)44-31-33(32-48(55)50(44)51)52-40-24-11-6-19-35(40)36-20-7-12-25-41(36)52/h3-6,8-11,13-19,21-24,26-32H,2,7,12,20,25H2,1H3. The number of aromatic nitrogens is 1. The van der Waals surface area contributed by atoms with E-state index < -0.39 is 8.07 Å². The molecule has 0 saturated carbocycles. The summed E-state index contributed by atoms with van der Waals surface area (Å²) in [6.07, 6.45) is 4.72. The zero-order valence-electron chi connectivity index (χ0n) is 30.9. The highest BCUT2D eigenvalue weighted by atomic mass is 28.3. The quantitative estimate of drug-likeness (QED) is 0.170. The Morgan fingerprint density at radius 1 is 0.600 bits per heavy atom. The molecule has 4 heterocycles. The van der Waals surface area contributed by atoms with Gasteiger partial charge in [-0.3, -0.25) is 0 Å². The van der Waals surface area contributed by atoms with E-state index in [4.69, 9.17) is 4.42 Å². The summed E-state index contributed by atoms with van der Waals surface area (Å²) < 4.78 is 9.22. The number of nitrogens with zero attached hydrogens (tertiary/aromatic N) is 2. The van der Waals surface area contributed by atoms with Crippen molar-refractivity contribution in [1.82, 2.24) is 4.57 Å². The van der Waals surface area contributed by atoms with Crippen LogP contribution in [0.25, 0.3) is 38.5 Å². The van der Waals surface area contributed by atoms with Crippen molar-refractivity contribution in [2.75, 3.05) is 4.90 Å². The van der Waals surface area contributed by atoms with Crippen molar-refractivity contribution in [2.24, 2.45) is 0 Å². The summed E-state index contributed by atoms with van der Waals surface area (Å²) in [6, 6.07) is 60.8. The normalized spacial score (nSPS) is 17.0. The first-order valence-corrected chi connectivity index (χ1v) is 22.2. The summed E-state index contributed by atoms with van der Waals surface area (Å²) in [6.45, 7) is 2.57. The minimum absolute atomic E-state index is 0.120. The fourth-order valence-electron chi connectivity index (χ4n) is 11.0. The van der Waals surface area contributed by atoms with E-state index in [-0.39, 0.29) is 6.71 Å². The molecule has 0 saturated heterocycles. The molecule has 3 aliphatic rings. The number of hydrogen-bond acceptors (Lipinski definition) is 2. The van der Waals surface area contributed by atoms with Gasteiger partial charge in [-0.15, -0.1) is 0 Å². The van der Waals surface area contributed by atoms with Crippen molar-refractivity contribution in [3.63, 3.8) is 0 Å². The van der Waals surface area contributed by atoms with Crippen molar-refractivity contribution in [3.8, 4) is 5.69 Å². The van der Waals surface area contributed by atoms with Crippen LogP contribution in [0, 0.1) is 0 Å². The Hall–Kier alpha value is -6.04. The molecule has 3 nitrogen and oxygen atoms in total. The molecule has 0 radical (unpaired) electrons. The van der Waals surface area contributed by atoms with Crippen molar-refractivity contribution in [2.45, 2.75) is 38.7 Å². The number of furan rings is 1. The summed E-state index contributed by atoms with van der Waals surface area (Å²) in [4.78, 5) is 2.60. The van der Waals surface area contributed by atoms with Crippen molar-refractivity contribution >= 4 is 96.6 Å². The van der Waals surface area contributed by atoms with Crippen LogP contribution >= 0.6 is 0 Å². The van der Waals surface area contributed by atoms with E-state index in [1.807, 2.05) is 0 Å². The number of rotatable bonds is 4. The monoisotopic (exact) mass is 722 g/mol. The fourth-order valence-corrected chi connectivity index (χ4v) is 16.1. The molecule has 55 heavy (non-hydrogen) atoms. The van der Waals surface area contributed by atoms with Crippen LogP contribution in [0.15, 0.2) is 162 Å². The van der Waals surface area contributed by atoms with Gasteiger partial charge in [-0.1, -0.05) is 133 Å². The highest BCUT2D eigenvalue weighted by Gasteiger charge is 2.51. The maximum Gasteiger partial charge on any atom is 0.246 e. The second-order valence-electron chi connectivity index (χ2n) is 15.7. The largest absolute Gasteiger partial charge is 0.456 e. The highest BCUT2D eigenvalue weighted by molar-refractivity contribution is 7.21. The lowest BCUT2D eigenvalue weighted by Gasteiger charge is -2.47. The Balaban J connectivity index is 1.27. The van der Waals surface area contributed by atoms with Crippen molar-refractivity contribution < 1.29 is 4.42 Å². The molecule has 0 amide bonds. The minimum atomic E-state index is -2.57. The van der Waals surface area contributed by atoms with Gasteiger partial charge in [0.15, 0.2) is 0 Å². The lowest BCUT2D eigenvalue weighted by atomic mass is 9.35. The number of fused-ring (bicyclic) bond motifs is 10. The number of benzene rings is 7. The van der Waals surface area contributed by atoms with Gasteiger partial charge in [0.1, 0.15) is 19.2 Å². The summed E-state index contributed by atoms with van der Waals surface area (Å²) in [5.41, 5.74) is 15.4. The number of anilines is 3. The van der Waals surface area contributed by atoms with E-state index in [1.165, 1.54) is 73.6 Å². The average Bonchev–Trinajstić information content (AvgIpc) is 3.80. The molecular formula is C50H39BN2OSi. The van der Waals surface area contributed by atoms with E-state index in [0.717, 1.165) is 46.5 Å². The third-order valence-electron chi connectivity index (χ3n) is 13.2. The molecule has 0 bridgehead atoms. The van der Waals surface area contributed by atoms with Gasteiger partial charge in [0.2, 0.25) is 6.71 Å². The molecule has 2 aliphatic heterocycles. The number of para-hydroxylation sites is 3. The molecule has 0 fully saturated rings. The zero-order chi connectivity index (χ0) is 36.3. The Bertz CT molecular complexity index is 3020. The van der Waals surface area contributed by atoms with E-state index in [9.17, 15) is 0 Å². The van der Waals surface area contributed by atoms with Gasteiger partial charge >= 0.3 is 0 Å². The van der Waals surface area contributed by atoms with Gasteiger partial charge < -0.3 is 13.9 Å². The molecule has 1 unspecified atom stereocenters. The fraction of sp³-hybridized carbons (Fsp3) is 0.120. The number of aryl methyl sites for hydroxylation is 1. The van der Waals surface area contributed by atoms with Crippen molar-refractivity contribution in [3.05, 3.63) is 169 Å². The predicted octanol–water partition coefficient (Wildman–Crippen LogP) is 8.51. The van der Waals surface area contributed by atoms with Crippen LogP contribution < -0.4 is 36.8 Å². The lowest BCUT2D eigenvalue weighted by molar-refractivity contribution is 0.667. The minimum Gasteiger partial charge on any atom is -0.456 e. The molecule has 7 aromatic carbocycles. The first-order chi connectivity index (χ1) is 27.3. The average molecular weight is 723 g/mol. The maximum absolute atomic E-state index is 6.56. The third kappa shape index (κ3) is 4.17.